The first-order chi connectivity index (χ1) is 9.13. The molecule has 0 amide bonds. The third kappa shape index (κ3) is 2.71. The minimum absolute atomic E-state index is 0.190. The second-order valence-corrected chi connectivity index (χ2v) is 5.76. The van der Waals surface area contributed by atoms with Gasteiger partial charge in [-0.05, 0) is 56.4 Å². The predicted octanol–water partition coefficient (Wildman–Crippen LogP) is 2.95. The molecule has 0 saturated heterocycles. The van der Waals surface area contributed by atoms with Gasteiger partial charge in [-0.15, -0.1) is 0 Å². The molecule has 100 valence electrons. The van der Waals surface area contributed by atoms with E-state index < -0.39 is 0 Å². The first kappa shape index (κ1) is 12.4. The van der Waals surface area contributed by atoms with E-state index in [1.54, 1.807) is 0 Å². The fourth-order valence-corrected chi connectivity index (χ4v) is 2.47. The number of nitrogens with two attached hydrogens (primary N) is 1. The lowest BCUT2D eigenvalue weighted by atomic mass is 10.0. The molecule has 0 aliphatic heterocycles. The molecular weight excluding hydrogens is 234 g/mol. The van der Waals surface area contributed by atoms with E-state index in [1.165, 1.54) is 35.3 Å². The zero-order valence-electron chi connectivity index (χ0n) is 11.6. The molecule has 1 aromatic carbocycles. The van der Waals surface area contributed by atoms with Gasteiger partial charge in [0.15, 0.2) is 0 Å². The summed E-state index contributed by atoms with van der Waals surface area (Å²) in [5.74, 6) is 0.703. The summed E-state index contributed by atoms with van der Waals surface area (Å²) in [5.41, 5.74) is 10.8. The van der Waals surface area contributed by atoms with Crippen LogP contribution >= 0.6 is 0 Å². The predicted molar refractivity (Wildman–Crippen MR) is 77.6 cm³/mol. The van der Waals surface area contributed by atoms with Crippen molar-refractivity contribution in [2.24, 2.45) is 5.73 Å². The van der Waals surface area contributed by atoms with Gasteiger partial charge in [-0.3, -0.25) is 0 Å². The SMILES string of the molecule is Cc1ccc(CC(C)N)cc1-n1ccc(C2CC2)n1. The van der Waals surface area contributed by atoms with Crippen LogP contribution in [0.15, 0.2) is 30.5 Å². The Labute approximate surface area is 114 Å². The Bertz CT molecular complexity index is 579. The van der Waals surface area contributed by atoms with Crippen LogP contribution in [0.4, 0.5) is 0 Å². The van der Waals surface area contributed by atoms with Crippen LogP contribution in [-0.2, 0) is 6.42 Å². The standard InChI is InChI=1S/C16H21N3/c1-11-3-4-13(9-12(2)17)10-16(11)19-8-7-15(18-19)14-5-6-14/h3-4,7-8,10,12,14H,5-6,9,17H2,1-2H3. The van der Waals surface area contributed by atoms with Gasteiger partial charge in [-0.25, -0.2) is 4.68 Å². The lowest BCUT2D eigenvalue weighted by molar-refractivity contribution is 0.735. The van der Waals surface area contributed by atoms with E-state index in [9.17, 15) is 0 Å². The summed E-state index contributed by atoms with van der Waals surface area (Å²) in [6.45, 7) is 4.17. The summed E-state index contributed by atoms with van der Waals surface area (Å²) in [7, 11) is 0. The summed E-state index contributed by atoms with van der Waals surface area (Å²) in [4.78, 5) is 0. The summed E-state index contributed by atoms with van der Waals surface area (Å²) in [6, 6.07) is 8.87. The van der Waals surface area contributed by atoms with Gasteiger partial charge in [0.2, 0.25) is 0 Å². The number of rotatable bonds is 4. The molecule has 0 radical (unpaired) electrons. The maximum absolute atomic E-state index is 5.88. The number of nitrogens with zero attached hydrogens (tertiary/aromatic N) is 2. The fourth-order valence-electron chi connectivity index (χ4n) is 2.47. The van der Waals surface area contributed by atoms with E-state index in [-0.39, 0.29) is 6.04 Å². The van der Waals surface area contributed by atoms with Gasteiger partial charge >= 0.3 is 0 Å². The van der Waals surface area contributed by atoms with Crippen molar-refractivity contribution < 1.29 is 0 Å². The van der Waals surface area contributed by atoms with Crippen molar-refractivity contribution in [2.75, 3.05) is 0 Å². The van der Waals surface area contributed by atoms with Crippen LogP contribution in [0.1, 0.15) is 42.5 Å². The Hall–Kier alpha value is -1.61. The van der Waals surface area contributed by atoms with Crippen molar-refractivity contribution in [3.05, 3.63) is 47.3 Å². The van der Waals surface area contributed by atoms with E-state index in [0.717, 1.165) is 6.42 Å². The van der Waals surface area contributed by atoms with Crippen LogP contribution in [0.5, 0.6) is 0 Å². The first-order valence-corrected chi connectivity index (χ1v) is 7.04. The molecule has 19 heavy (non-hydrogen) atoms. The minimum atomic E-state index is 0.190. The van der Waals surface area contributed by atoms with Crippen molar-refractivity contribution >= 4 is 0 Å². The Morgan fingerprint density at radius 1 is 1.37 bits per heavy atom. The number of hydrogen-bond donors (Lipinski definition) is 1. The van der Waals surface area contributed by atoms with Gasteiger partial charge in [0, 0.05) is 18.2 Å². The molecule has 2 N–H and O–H groups in total. The summed E-state index contributed by atoms with van der Waals surface area (Å²) in [5, 5.41) is 4.71. The van der Waals surface area contributed by atoms with Crippen LogP contribution in [0.3, 0.4) is 0 Å². The summed E-state index contributed by atoms with van der Waals surface area (Å²) in [6.07, 6.45) is 5.57. The highest BCUT2D eigenvalue weighted by Gasteiger charge is 2.26. The van der Waals surface area contributed by atoms with Gasteiger partial charge in [0.05, 0.1) is 11.4 Å². The zero-order valence-corrected chi connectivity index (χ0v) is 11.6. The van der Waals surface area contributed by atoms with Crippen molar-refractivity contribution in [2.45, 2.75) is 45.1 Å². The molecule has 1 saturated carbocycles. The molecule has 1 atom stereocenters. The molecule has 3 nitrogen and oxygen atoms in total. The summed E-state index contributed by atoms with van der Waals surface area (Å²) >= 11 is 0. The molecule has 1 aliphatic rings. The van der Waals surface area contributed by atoms with E-state index in [0.29, 0.717) is 5.92 Å². The Kier molecular flexibility index (Phi) is 3.15. The quantitative estimate of drug-likeness (QED) is 0.912. The van der Waals surface area contributed by atoms with Gasteiger partial charge in [-0.2, -0.15) is 5.10 Å². The van der Waals surface area contributed by atoms with Crippen LogP contribution in [0, 0.1) is 6.92 Å². The molecule has 0 bridgehead atoms. The van der Waals surface area contributed by atoms with Crippen LogP contribution in [-0.4, -0.2) is 15.8 Å². The van der Waals surface area contributed by atoms with Gasteiger partial charge < -0.3 is 5.73 Å². The molecule has 3 rings (SSSR count). The molecule has 1 fully saturated rings. The molecule has 1 aromatic heterocycles. The smallest absolute Gasteiger partial charge is 0.0677 e. The largest absolute Gasteiger partial charge is 0.328 e. The Morgan fingerprint density at radius 3 is 2.84 bits per heavy atom. The van der Waals surface area contributed by atoms with E-state index >= 15 is 0 Å². The number of hydrogen-bond acceptors (Lipinski definition) is 2. The third-order valence-corrected chi connectivity index (χ3v) is 3.68. The van der Waals surface area contributed by atoms with Crippen molar-refractivity contribution in [3.63, 3.8) is 0 Å². The molecule has 1 heterocycles. The highest BCUT2D eigenvalue weighted by molar-refractivity contribution is 5.43. The molecular formula is C16H21N3. The van der Waals surface area contributed by atoms with Crippen molar-refractivity contribution in [1.29, 1.82) is 0 Å². The van der Waals surface area contributed by atoms with Gasteiger partial charge in [0.25, 0.3) is 0 Å². The maximum atomic E-state index is 5.88. The number of aryl methyl sites for hydroxylation is 1. The maximum Gasteiger partial charge on any atom is 0.0677 e. The monoisotopic (exact) mass is 255 g/mol. The van der Waals surface area contributed by atoms with Crippen molar-refractivity contribution in [1.82, 2.24) is 9.78 Å². The number of benzene rings is 1. The molecule has 3 heteroatoms. The lowest BCUT2D eigenvalue weighted by Gasteiger charge is -2.10. The normalized spacial score (nSPS) is 16.6. The van der Waals surface area contributed by atoms with Crippen molar-refractivity contribution in [3.8, 4) is 5.69 Å². The molecule has 1 aliphatic carbocycles. The second-order valence-electron chi connectivity index (χ2n) is 5.76. The highest BCUT2D eigenvalue weighted by atomic mass is 15.3. The average Bonchev–Trinajstić information content (AvgIpc) is 3.10. The van der Waals surface area contributed by atoms with Crippen LogP contribution in [0.25, 0.3) is 5.69 Å². The topological polar surface area (TPSA) is 43.8 Å². The van der Waals surface area contributed by atoms with Gasteiger partial charge in [-0.1, -0.05) is 12.1 Å². The third-order valence-electron chi connectivity index (χ3n) is 3.68. The minimum Gasteiger partial charge on any atom is -0.328 e. The highest BCUT2D eigenvalue weighted by Crippen LogP contribution is 2.39. The summed E-state index contributed by atoms with van der Waals surface area (Å²) < 4.78 is 2.01. The first-order valence-electron chi connectivity index (χ1n) is 7.04. The molecule has 2 aromatic rings. The second kappa shape index (κ2) is 4.82. The Balaban J connectivity index is 1.92. The van der Waals surface area contributed by atoms with E-state index in [4.69, 9.17) is 10.8 Å². The number of aromatic nitrogens is 2. The van der Waals surface area contributed by atoms with E-state index in [1.807, 2.05) is 11.6 Å². The van der Waals surface area contributed by atoms with Crippen LogP contribution in [0.2, 0.25) is 0 Å². The lowest BCUT2D eigenvalue weighted by Crippen LogP contribution is -2.18. The van der Waals surface area contributed by atoms with E-state index in [2.05, 4.69) is 37.4 Å². The zero-order chi connectivity index (χ0) is 13.4. The molecule has 0 spiro atoms. The van der Waals surface area contributed by atoms with Crippen LogP contribution < -0.4 is 5.73 Å². The average molecular weight is 255 g/mol. The Morgan fingerprint density at radius 2 is 2.16 bits per heavy atom. The van der Waals surface area contributed by atoms with Gasteiger partial charge in [0.1, 0.15) is 0 Å². The fraction of sp³-hybridized carbons (Fsp3) is 0.438. The molecule has 1 unspecified atom stereocenters.